The van der Waals surface area contributed by atoms with Gasteiger partial charge in [-0.2, -0.15) is 0 Å². The van der Waals surface area contributed by atoms with E-state index in [1.54, 1.807) is 19.2 Å². The fourth-order valence-electron chi connectivity index (χ4n) is 2.22. The van der Waals surface area contributed by atoms with Crippen LogP contribution in [0.4, 0.5) is 0 Å². The standard InChI is InChI=1S/C18H20O2/c1-13(2)11-14-5-4-6-16(12-14)18(19)15-7-9-17(20-3)10-8-15/h4-10,12-13H,11H2,1-3H3. The summed E-state index contributed by atoms with van der Waals surface area (Å²) >= 11 is 0. The van der Waals surface area contributed by atoms with Gasteiger partial charge in [-0.15, -0.1) is 0 Å². The number of carbonyl (C=O) groups excluding carboxylic acids is 1. The Morgan fingerprint density at radius 2 is 1.75 bits per heavy atom. The SMILES string of the molecule is COc1ccc(C(=O)c2cccc(CC(C)C)c2)cc1. The second-order valence-corrected chi connectivity index (χ2v) is 5.36. The molecule has 2 aromatic carbocycles. The number of ether oxygens (including phenoxy) is 1. The van der Waals surface area contributed by atoms with Gasteiger partial charge in [0.1, 0.15) is 5.75 Å². The van der Waals surface area contributed by atoms with Crippen molar-refractivity contribution in [3.05, 3.63) is 65.2 Å². The smallest absolute Gasteiger partial charge is 0.193 e. The minimum Gasteiger partial charge on any atom is -0.497 e. The topological polar surface area (TPSA) is 26.3 Å². The van der Waals surface area contributed by atoms with Gasteiger partial charge in [0, 0.05) is 11.1 Å². The minimum absolute atomic E-state index is 0.0539. The van der Waals surface area contributed by atoms with Crippen molar-refractivity contribution in [3.8, 4) is 5.75 Å². The molecule has 20 heavy (non-hydrogen) atoms. The lowest BCUT2D eigenvalue weighted by molar-refractivity contribution is 0.103. The number of hydrogen-bond acceptors (Lipinski definition) is 2. The first-order chi connectivity index (χ1) is 9.60. The van der Waals surface area contributed by atoms with Crippen LogP contribution in [0.1, 0.15) is 35.3 Å². The van der Waals surface area contributed by atoms with Crippen molar-refractivity contribution in [1.82, 2.24) is 0 Å². The maximum Gasteiger partial charge on any atom is 0.193 e. The number of ketones is 1. The van der Waals surface area contributed by atoms with Crippen molar-refractivity contribution < 1.29 is 9.53 Å². The maximum absolute atomic E-state index is 12.4. The average molecular weight is 268 g/mol. The predicted molar refractivity (Wildman–Crippen MR) is 81.4 cm³/mol. The third-order valence-electron chi connectivity index (χ3n) is 3.19. The Labute approximate surface area is 120 Å². The van der Waals surface area contributed by atoms with Gasteiger partial charge in [0.25, 0.3) is 0 Å². The van der Waals surface area contributed by atoms with E-state index in [-0.39, 0.29) is 5.78 Å². The Morgan fingerprint density at radius 3 is 2.35 bits per heavy atom. The lowest BCUT2D eigenvalue weighted by Gasteiger charge is -2.07. The highest BCUT2D eigenvalue weighted by molar-refractivity contribution is 6.09. The van der Waals surface area contributed by atoms with E-state index in [1.165, 1.54) is 5.56 Å². The van der Waals surface area contributed by atoms with Crippen LogP contribution in [0.5, 0.6) is 5.75 Å². The molecule has 0 spiro atoms. The summed E-state index contributed by atoms with van der Waals surface area (Å²) < 4.78 is 5.11. The molecule has 0 saturated carbocycles. The van der Waals surface area contributed by atoms with Crippen LogP contribution in [0.25, 0.3) is 0 Å². The van der Waals surface area contributed by atoms with E-state index in [0.717, 1.165) is 17.7 Å². The minimum atomic E-state index is 0.0539. The molecule has 0 aliphatic heterocycles. The third kappa shape index (κ3) is 3.47. The maximum atomic E-state index is 12.4. The number of benzene rings is 2. The van der Waals surface area contributed by atoms with Gasteiger partial charge in [-0.1, -0.05) is 32.0 Å². The molecule has 0 radical (unpaired) electrons. The zero-order valence-corrected chi connectivity index (χ0v) is 12.2. The molecule has 0 fully saturated rings. The van der Waals surface area contributed by atoms with E-state index in [0.29, 0.717) is 11.5 Å². The summed E-state index contributed by atoms with van der Waals surface area (Å²) in [6.07, 6.45) is 0.990. The Bertz CT molecular complexity index is 583. The van der Waals surface area contributed by atoms with Crippen LogP contribution in [0.2, 0.25) is 0 Å². The van der Waals surface area contributed by atoms with E-state index in [9.17, 15) is 4.79 Å². The number of carbonyl (C=O) groups is 1. The van der Waals surface area contributed by atoms with Crippen molar-refractivity contribution >= 4 is 5.78 Å². The van der Waals surface area contributed by atoms with Crippen LogP contribution in [0.3, 0.4) is 0 Å². The molecule has 0 atom stereocenters. The Balaban J connectivity index is 2.23. The van der Waals surface area contributed by atoms with Gasteiger partial charge in [0.05, 0.1) is 7.11 Å². The van der Waals surface area contributed by atoms with Crippen molar-refractivity contribution in [3.63, 3.8) is 0 Å². The second-order valence-electron chi connectivity index (χ2n) is 5.36. The van der Waals surface area contributed by atoms with Crippen LogP contribution in [-0.2, 0) is 6.42 Å². The molecule has 0 aliphatic rings. The lowest BCUT2D eigenvalue weighted by atomic mass is 9.97. The molecule has 0 N–H and O–H groups in total. The molecule has 0 saturated heterocycles. The highest BCUT2D eigenvalue weighted by atomic mass is 16.5. The summed E-state index contributed by atoms with van der Waals surface area (Å²) in [4.78, 5) is 12.4. The van der Waals surface area contributed by atoms with Crippen LogP contribution in [-0.4, -0.2) is 12.9 Å². The highest BCUT2D eigenvalue weighted by Gasteiger charge is 2.10. The molecule has 2 heteroatoms. The quantitative estimate of drug-likeness (QED) is 0.762. The first-order valence-electron chi connectivity index (χ1n) is 6.88. The van der Waals surface area contributed by atoms with E-state index in [1.807, 2.05) is 30.3 Å². The molecule has 0 amide bonds. The van der Waals surface area contributed by atoms with Crippen molar-refractivity contribution in [2.75, 3.05) is 7.11 Å². The molecule has 0 aliphatic carbocycles. The molecule has 2 nitrogen and oxygen atoms in total. The van der Waals surface area contributed by atoms with Gasteiger partial charge in [-0.25, -0.2) is 0 Å². The summed E-state index contributed by atoms with van der Waals surface area (Å²) in [5.41, 5.74) is 2.64. The molecule has 2 aromatic rings. The number of methoxy groups -OCH3 is 1. The Hall–Kier alpha value is -2.09. The summed E-state index contributed by atoms with van der Waals surface area (Å²) in [5.74, 6) is 1.40. The molecule has 0 aromatic heterocycles. The number of rotatable bonds is 5. The first-order valence-corrected chi connectivity index (χ1v) is 6.88. The van der Waals surface area contributed by atoms with Crippen molar-refractivity contribution in [2.24, 2.45) is 5.92 Å². The molecular formula is C18H20O2. The van der Waals surface area contributed by atoms with Crippen LogP contribution < -0.4 is 4.74 Å². The molecular weight excluding hydrogens is 248 g/mol. The fourth-order valence-corrected chi connectivity index (χ4v) is 2.22. The normalized spacial score (nSPS) is 10.6. The molecule has 0 unspecified atom stereocenters. The van der Waals surface area contributed by atoms with Crippen LogP contribution in [0.15, 0.2) is 48.5 Å². The van der Waals surface area contributed by atoms with Gasteiger partial charge < -0.3 is 4.74 Å². The third-order valence-corrected chi connectivity index (χ3v) is 3.19. The van der Waals surface area contributed by atoms with E-state index < -0.39 is 0 Å². The monoisotopic (exact) mass is 268 g/mol. The van der Waals surface area contributed by atoms with Crippen molar-refractivity contribution in [2.45, 2.75) is 20.3 Å². The lowest BCUT2D eigenvalue weighted by Crippen LogP contribution is -2.03. The average Bonchev–Trinajstić information content (AvgIpc) is 2.46. The van der Waals surface area contributed by atoms with Crippen LogP contribution >= 0.6 is 0 Å². The van der Waals surface area contributed by atoms with E-state index in [4.69, 9.17) is 4.74 Å². The highest BCUT2D eigenvalue weighted by Crippen LogP contribution is 2.17. The summed E-state index contributed by atoms with van der Waals surface area (Å²) in [7, 11) is 1.62. The van der Waals surface area contributed by atoms with Gasteiger partial charge in [-0.3, -0.25) is 4.79 Å². The van der Waals surface area contributed by atoms with Gasteiger partial charge in [0.15, 0.2) is 5.78 Å². The zero-order chi connectivity index (χ0) is 14.5. The Kier molecular flexibility index (Phi) is 4.57. The van der Waals surface area contributed by atoms with Gasteiger partial charge in [-0.05, 0) is 48.2 Å². The van der Waals surface area contributed by atoms with Gasteiger partial charge >= 0.3 is 0 Å². The number of hydrogen-bond donors (Lipinski definition) is 0. The summed E-state index contributed by atoms with van der Waals surface area (Å²) in [6.45, 7) is 4.36. The second kappa shape index (κ2) is 6.38. The Morgan fingerprint density at radius 1 is 1.05 bits per heavy atom. The predicted octanol–water partition coefficient (Wildman–Crippen LogP) is 4.12. The molecule has 0 bridgehead atoms. The summed E-state index contributed by atoms with van der Waals surface area (Å²) in [6, 6.07) is 15.1. The van der Waals surface area contributed by atoms with Crippen LogP contribution in [0, 0.1) is 5.92 Å². The van der Waals surface area contributed by atoms with Crippen molar-refractivity contribution in [1.29, 1.82) is 0 Å². The molecule has 2 rings (SSSR count). The fraction of sp³-hybridized carbons (Fsp3) is 0.278. The molecule has 0 heterocycles. The summed E-state index contributed by atoms with van der Waals surface area (Å²) in [5, 5.41) is 0. The van der Waals surface area contributed by atoms with E-state index in [2.05, 4.69) is 19.9 Å². The van der Waals surface area contributed by atoms with E-state index >= 15 is 0 Å². The zero-order valence-electron chi connectivity index (χ0n) is 12.2. The molecule has 104 valence electrons. The first kappa shape index (κ1) is 14.3. The van der Waals surface area contributed by atoms with Gasteiger partial charge in [0.2, 0.25) is 0 Å². The largest absolute Gasteiger partial charge is 0.497 e.